The molecule has 0 radical (unpaired) electrons. The standard InChI is InChI=1S/C11H10N4O3S/c12-9-2-1-7(3-10(9)15(17)18)11(16)14-5-8-4-13-6-19-8/h1-4,6H,5,12H2,(H,14,16). The highest BCUT2D eigenvalue weighted by Crippen LogP contribution is 2.22. The van der Waals surface area contributed by atoms with E-state index in [9.17, 15) is 14.9 Å². The van der Waals surface area contributed by atoms with Gasteiger partial charge in [-0.25, -0.2) is 0 Å². The van der Waals surface area contributed by atoms with Gasteiger partial charge in [-0.3, -0.25) is 19.9 Å². The van der Waals surface area contributed by atoms with E-state index in [1.54, 1.807) is 11.7 Å². The summed E-state index contributed by atoms with van der Waals surface area (Å²) in [5, 5.41) is 13.4. The monoisotopic (exact) mass is 278 g/mol. The molecule has 8 heteroatoms. The van der Waals surface area contributed by atoms with Crippen LogP contribution in [0, 0.1) is 10.1 Å². The SMILES string of the molecule is Nc1ccc(C(=O)NCc2cncs2)cc1[N+](=O)[O-]. The fourth-order valence-electron chi connectivity index (χ4n) is 1.44. The third-order valence-corrected chi connectivity index (χ3v) is 3.18. The summed E-state index contributed by atoms with van der Waals surface area (Å²) < 4.78 is 0. The Morgan fingerprint density at radius 3 is 2.95 bits per heavy atom. The van der Waals surface area contributed by atoms with Crippen molar-refractivity contribution in [2.75, 3.05) is 5.73 Å². The molecule has 1 aromatic carbocycles. The molecule has 1 heterocycles. The molecule has 0 atom stereocenters. The van der Waals surface area contributed by atoms with E-state index in [-0.39, 0.29) is 16.9 Å². The lowest BCUT2D eigenvalue weighted by Gasteiger charge is -2.04. The summed E-state index contributed by atoms with van der Waals surface area (Å²) in [5.74, 6) is -0.392. The van der Waals surface area contributed by atoms with Gasteiger partial charge in [-0.15, -0.1) is 11.3 Å². The number of nitrogens with zero attached hydrogens (tertiary/aromatic N) is 2. The van der Waals surface area contributed by atoms with Crippen molar-refractivity contribution >= 4 is 28.6 Å². The average Bonchev–Trinajstić information content (AvgIpc) is 2.89. The number of carbonyl (C=O) groups is 1. The molecule has 7 nitrogen and oxygen atoms in total. The number of benzene rings is 1. The van der Waals surface area contributed by atoms with Crippen LogP contribution in [-0.4, -0.2) is 15.8 Å². The molecule has 3 N–H and O–H groups in total. The lowest BCUT2D eigenvalue weighted by Crippen LogP contribution is -2.22. The number of nitro benzene ring substituents is 1. The molecule has 2 rings (SSSR count). The molecular formula is C11H10N4O3S. The zero-order valence-corrected chi connectivity index (χ0v) is 10.5. The summed E-state index contributed by atoms with van der Waals surface area (Å²) >= 11 is 1.42. The van der Waals surface area contributed by atoms with Gasteiger partial charge < -0.3 is 11.1 Å². The quantitative estimate of drug-likeness (QED) is 0.501. The summed E-state index contributed by atoms with van der Waals surface area (Å²) in [6.45, 7) is 0.335. The molecule has 98 valence electrons. The zero-order chi connectivity index (χ0) is 13.8. The number of anilines is 1. The fourth-order valence-corrected chi connectivity index (χ4v) is 1.98. The summed E-state index contributed by atoms with van der Waals surface area (Å²) in [4.78, 5) is 26.7. The third-order valence-electron chi connectivity index (χ3n) is 2.40. The molecule has 0 bridgehead atoms. The molecule has 0 aliphatic rings. The number of nitro groups is 1. The number of amides is 1. The Kier molecular flexibility index (Phi) is 3.71. The van der Waals surface area contributed by atoms with Crippen LogP contribution in [0.25, 0.3) is 0 Å². The van der Waals surface area contributed by atoms with E-state index in [1.807, 2.05) is 0 Å². The second-order valence-electron chi connectivity index (χ2n) is 3.68. The average molecular weight is 278 g/mol. The second kappa shape index (κ2) is 5.44. The Morgan fingerprint density at radius 2 is 2.32 bits per heavy atom. The highest BCUT2D eigenvalue weighted by atomic mass is 32.1. The summed E-state index contributed by atoms with van der Waals surface area (Å²) in [5.41, 5.74) is 7.08. The van der Waals surface area contributed by atoms with Crippen LogP contribution in [0.15, 0.2) is 29.9 Å². The van der Waals surface area contributed by atoms with Gasteiger partial charge in [0.1, 0.15) is 5.69 Å². The van der Waals surface area contributed by atoms with Crippen molar-refractivity contribution in [2.45, 2.75) is 6.54 Å². The normalized spacial score (nSPS) is 10.1. The maximum Gasteiger partial charge on any atom is 0.292 e. The van der Waals surface area contributed by atoms with Crippen molar-refractivity contribution in [1.29, 1.82) is 0 Å². The first-order valence-corrected chi connectivity index (χ1v) is 6.15. The maximum atomic E-state index is 11.8. The number of thiazole rings is 1. The number of aromatic nitrogens is 1. The molecule has 1 aromatic heterocycles. The highest BCUT2D eigenvalue weighted by molar-refractivity contribution is 7.09. The van der Waals surface area contributed by atoms with Gasteiger partial charge >= 0.3 is 0 Å². The van der Waals surface area contributed by atoms with Gasteiger partial charge in [0.15, 0.2) is 0 Å². The summed E-state index contributed by atoms with van der Waals surface area (Å²) in [6, 6.07) is 3.96. The first-order chi connectivity index (χ1) is 9.08. The Bertz CT molecular complexity index is 612. The summed E-state index contributed by atoms with van der Waals surface area (Å²) in [7, 11) is 0. The largest absolute Gasteiger partial charge is 0.393 e. The fraction of sp³-hybridized carbons (Fsp3) is 0.0909. The Hall–Kier alpha value is -2.48. The second-order valence-corrected chi connectivity index (χ2v) is 4.65. The van der Waals surface area contributed by atoms with Crippen LogP contribution in [0.4, 0.5) is 11.4 Å². The molecule has 0 saturated carbocycles. The number of nitrogens with one attached hydrogen (secondary N) is 1. The van der Waals surface area contributed by atoms with Gasteiger partial charge in [-0.1, -0.05) is 0 Å². The first-order valence-electron chi connectivity index (χ1n) is 5.27. The van der Waals surface area contributed by atoms with Crippen LogP contribution in [0.2, 0.25) is 0 Å². The number of hydrogen-bond acceptors (Lipinski definition) is 6. The smallest absolute Gasteiger partial charge is 0.292 e. The molecule has 0 unspecified atom stereocenters. The molecule has 0 fully saturated rings. The van der Waals surface area contributed by atoms with E-state index >= 15 is 0 Å². The van der Waals surface area contributed by atoms with Crippen molar-refractivity contribution in [1.82, 2.24) is 10.3 Å². The third kappa shape index (κ3) is 3.05. The van der Waals surface area contributed by atoms with E-state index < -0.39 is 10.8 Å². The Balaban J connectivity index is 2.11. The van der Waals surface area contributed by atoms with Crippen LogP contribution in [0.1, 0.15) is 15.2 Å². The van der Waals surface area contributed by atoms with Crippen molar-refractivity contribution in [3.05, 3.63) is 50.5 Å². The molecule has 0 aliphatic heterocycles. The number of nitrogens with two attached hydrogens (primary N) is 1. The minimum Gasteiger partial charge on any atom is -0.393 e. The van der Waals surface area contributed by atoms with Crippen LogP contribution >= 0.6 is 11.3 Å². The molecule has 0 aliphatic carbocycles. The number of rotatable bonds is 4. The van der Waals surface area contributed by atoms with E-state index in [1.165, 1.54) is 23.5 Å². The molecule has 0 spiro atoms. The van der Waals surface area contributed by atoms with Crippen molar-refractivity contribution in [3.8, 4) is 0 Å². The maximum absolute atomic E-state index is 11.8. The molecule has 2 aromatic rings. The summed E-state index contributed by atoms with van der Waals surface area (Å²) in [6.07, 6.45) is 1.65. The Morgan fingerprint density at radius 1 is 1.53 bits per heavy atom. The van der Waals surface area contributed by atoms with Gasteiger partial charge in [0.25, 0.3) is 11.6 Å². The topological polar surface area (TPSA) is 111 Å². The van der Waals surface area contributed by atoms with Crippen LogP contribution in [0.3, 0.4) is 0 Å². The lowest BCUT2D eigenvalue weighted by atomic mass is 10.1. The van der Waals surface area contributed by atoms with Gasteiger partial charge in [-0.05, 0) is 12.1 Å². The molecule has 0 saturated heterocycles. The van der Waals surface area contributed by atoms with Crippen molar-refractivity contribution in [2.24, 2.45) is 0 Å². The number of nitrogen functional groups attached to an aromatic ring is 1. The zero-order valence-electron chi connectivity index (χ0n) is 9.70. The minimum absolute atomic E-state index is 0.0315. The van der Waals surface area contributed by atoms with Gasteiger partial charge in [0, 0.05) is 22.7 Å². The van der Waals surface area contributed by atoms with E-state index in [0.717, 1.165) is 10.9 Å². The molecular weight excluding hydrogens is 268 g/mol. The molecule has 1 amide bonds. The van der Waals surface area contributed by atoms with E-state index in [4.69, 9.17) is 5.73 Å². The number of hydrogen-bond donors (Lipinski definition) is 2. The predicted octanol–water partition coefficient (Wildman–Crippen LogP) is 1.56. The minimum atomic E-state index is -0.616. The van der Waals surface area contributed by atoms with Crippen molar-refractivity contribution < 1.29 is 9.72 Å². The highest BCUT2D eigenvalue weighted by Gasteiger charge is 2.15. The van der Waals surface area contributed by atoms with E-state index in [2.05, 4.69) is 10.3 Å². The van der Waals surface area contributed by atoms with Crippen LogP contribution in [-0.2, 0) is 6.54 Å². The van der Waals surface area contributed by atoms with E-state index in [0.29, 0.717) is 6.54 Å². The van der Waals surface area contributed by atoms with Gasteiger partial charge in [-0.2, -0.15) is 0 Å². The first kappa shape index (κ1) is 13.0. The lowest BCUT2D eigenvalue weighted by molar-refractivity contribution is -0.383. The predicted molar refractivity (Wildman–Crippen MR) is 70.8 cm³/mol. The number of carbonyl (C=O) groups excluding carboxylic acids is 1. The van der Waals surface area contributed by atoms with Gasteiger partial charge in [0.2, 0.25) is 0 Å². The Labute approximate surface area is 112 Å². The van der Waals surface area contributed by atoms with Crippen molar-refractivity contribution in [3.63, 3.8) is 0 Å². The molecule has 19 heavy (non-hydrogen) atoms. The van der Waals surface area contributed by atoms with Crippen LogP contribution < -0.4 is 11.1 Å². The van der Waals surface area contributed by atoms with Gasteiger partial charge in [0.05, 0.1) is 17.0 Å². The van der Waals surface area contributed by atoms with Crippen LogP contribution in [0.5, 0.6) is 0 Å².